The minimum atomic E-state index is -0.453. The molecular formula is C18H18O3. The van der Waals surface area contributed by atoms with Crippen LogP contribution >= 0.6 is 0 Å². The fourth-order valence-electron chi connectivity index (χ4n) is 1.76. The van der Waals surface area contributed by atoms with E-state index in [1.54, 1.807) is 6.92 Å². The quantitative estimate of drug-likeness (QED) is 0.470. The third-order valence-electron chi connectivity index (χ3n) is 3.00. The Morgan fingerprint density at radius 2 is 1.52 bits per heavy atom. The van der Waals surface area contributed by atoms with Crippen molar-refractivity contribution in [3.63, 3.8) is 0 Å². The number of ether oxygens (including phenoxy) is 2. The van der Waals surface area contributed by atoms with Gasteiger partial charge in [-0.15, -0.1) is 0 Å². The Hall–Kier alpha value is -2.55. The van der Waals surface area contributed by atoms with Gasteiger partial charge in [-0.3, -0.25) is 0 Å². The summed E-state index contributed by atoms with van der Waals surface area (Å²) in [6, 6.07) is 16.0. The van der Waals surface area contributed by atoms with E-state index in [9.17, 15) is 4.79 Å². The second-order valence-electron chi connectivity index (χ2n) is 4.86. The fourth-order valence-corrected chi connectivity index (χ4v) is 1.76. The predicted molar refractivity (Wildman–Crippen MR) is 83.0 cm³/mol. The SMILES string of the molecule is C=C(C)C(=O)OCOc1ccc(-c2ccc(C)cc2)cc1. The maximum absolute atomic E-state index is 11.2. The molecule has 0 heterocycles. The lowest BCUT2D eigenvalue weighted by Gasteiger charge is -2.08. The average molecular weight is 282 g/mol. The Morgan fingerprint density at radius 1 is 1.00 bits per heavy atom. The van der Waals surface area contributed by atoms with Crippen molar-refractivity contribution in [3.8, 4) is 16.9 Å². The molecule has 0 amide bonds. The Bertz CT molecular complexity index is 625. The summed E-state index contributed by atoms with van der Waals surface area (Å²) in [5, 5.41) is 0. The molecule has 2 rings (SSSR count). The summed E-state index contributed by atoms with van der Waals surface area (Å²) in [6.45, 7) is 7.04. The van der Waals surface area contributed by atoms with Crippen LogP contribution in [0.4, 0.5) is 0 Å². The van der Waals surface area contributed by atoms with Gasteiger partial charge in [0.2, 0.25) is 6.79 Å². The molecule has 2 aromatic rings. The van der Waals surface area contributed by atoms with E-state index in [0.29, 0.717) is 11.3 Å². The van der Waals surface area contributed by atoms with E-state index in [0.717, 1.165) is 11.1 Å². The molecule has 0 aliphatic rings. The second kappa shape index (κ2) is 6.75. The summed E-state index contributed by atoms with van der Waals surface area (Å²) >= 11 is 0. The zero-order chi connectivity index (χ0) is 15.2. The number of carbonyl (C=O) groups is 1. The molecule has 0 bridgehead atoms. The van der Waals surface area contributed by atoms with Crippen LogP contribution in [0, 0.1) is 6.92 Å². The van der Waals surface area contributed by atoms with Gasteiger partial charge in [-0.05, 0) is 37.1 Å². The topological polar surface area (TPSA) is 35.5 Å². The van der Waals surface area contributed by atoms with Crippen molar-refractivity contribution in [3.05, 3.63) is 66.2 Å². The molecule has 21 heavy (non-hydrogen) atoms. The van der Waals surface area contributed by atoms with E-state index in [2.05, 4.69) is 37.8 Å². The minimum absolute atomic E-state index is 0.116. The van der Waals surface area contributed by atoms with E-state index < -0.39 is 5.97 Å². The summed E-state index contributed by atoms with van der Waals surface area (Å²) in [5.74, 6) is 0.201. The highest BCUT2D eigenvalue weighted by Crippen LogP contribution is 2.22. The normalized spacial score (nSPS) is 10.0. The first-order valence-corrected chi connectivity index (χ1v) is 6.69. The smallest absolute Gasteiger partial charge is 0.335 e. The Labute approximate surface area is 124 Å². The predicted octanol–water partition coefficient (Wildman–Crippen LogP) is 4.12. The first-order chi connectivity index (χ1) is 10.1. The molecule has 0 radical (unpaired) electrons. The molecule has 3 heteroatoms. The number of aryl methyl sites for hydroxylation is 1. The summed E-state index contributed by atoms with van der Waals surface area (Å²) in [5.41, 5.74) is 3.86. The monoisotopic (exact) mass is 282 g/mol. The fraction of sp³-hybridized carbons (Fsp3) is 0.167. The third-order valence-corrected chi connectivity index (χ3v) is 3.00. The van der Waals surface area contributed by atoms with Crippen molar-refractivity contribution in [1.82, 2.24) is 0 Å². The lowest BCUT2D eigenvalue weighted by atomic mass is 10.0. The van der Waals surface area contributed by atoms with E-state index in [1.807, 2.05) is 24.3 Å². The first kappa shape index (κ1) is 14.9. The first-order valence-electron chi connectivity index (χ1n) is 6.69. The molecule has 0 saturated carbocycles. The zero-order valence-electron chi connectivity index (χ0n) is 12.3. The molecule has 0 aliphatic heterocycles. The number of rotatable bonds is 5. The lowest BCUT2D eigenvalue weighted by Crippen LogP contribution is -2.10. The van der Waals surface area contributed by atoms with Crippen LogP contribution in [0.25, 0.3) is 11.1 Å². The second-order valence-corrected chi connectivity index (χ2v) is 4.86. The Morgan fingerprint density at radius 3 is 2.05 bits per heavy atom. The van der Waals surface area contributed by atoms with Crippen LogP contribution < -0.4 is 4.74 Å². The molecule has 108 valence electrons. The summed E-state index contributed by atoms with van der Waals surface area (Å²) in [4.78, 5) is 11.2. The van der Waals surface area contributed by atoms with Crippen LogP contribution in [-0.2, 0) is 9.53 Å². The van der Waals surface area contributed by atoms with Gasteiger partial charge in [0.25, 0.3) is 0 Å². The van der Waals surface area contributed by atoms with Crippen molar-refractivity contribution in [1.29, 1.82) is 0 Å². The third kappa shape index (κ3) is 4.21. The molecule has 0 saturated heterocycles. The lowest BCUT2D eigenvalue weighted by molar-refractivity contribution is -0.145. The highest BCUT2D eigenvalue weighted by atomic mass is 16.7. The van der Waals surface area contributed by atoms with Crippen molar-refractivity contribution in [2.45, 2.75) is 13.8 Å². The number of esters is 1. The molecule has 0 N–H and O–H groups in total. The van der Waals surface area contributed by atoms with Gasteiger partial charge < -0.3 is 9.47 Å². The highest BCUT2D eigenvalue weighted by molar-refractivity contribution is 5.86. The Balaban J connectivity index is 1.94. The van der Waals surface area contributed by atoms with Gasteiger partial charge >= 0.3 is 5.97 Å². The largest absolute Gasteiger partial charge is 0.457 e. The van der Waals surface area contributed by atoms with Crippen LogP contribution in [-0.4, -0.2) is 12.8 Å². The molecule has 3 nitrogen and oxygen atoms in total. The highest BCUT2D eigenvalue weighted by Gasteiger charge is 2.03. The van der Waals surface area contributed by atoms with Gasteiger partial charge in [-0.25, -0.2) is 4.79 Å². The zero-order valence-corrected chi connectivity index (χ0v) is 12.3. The molecule has 2 aromatic carbocycles. The molecule has 0 fully saturated rings. The summed E-state index contributed by atoms with van der Waals surface area (Å²) in [7, 11) is 0. The van der Waals surface area contributed by atoms with E-state index >= 15 is 0 Å². The van der Waals surface area contributed by atoms with Gasteiger partial charge in [0.1, 0.15) is 5.75 Å². The van der Waals surface area contributed by atoms with Crippen LogP contribution in [0.5, 0.6) is 5.75 Å². The Kier molecular flexibility index (Phi) is 4.77. The van der Waals surface area contributed by atoms with Crippen molar-refractivity contribution < 1.29 is 14.3 Å². The molecule has 0 spiro atoms. The molecule has 0 aliphatic carbocycles. The van der Waals surface area contributed by atoms with Crippen LogP contribution in [0.1, 0.15) is 12.5 Å². The molecule has 0 unspecified atom stereocenters. The number of carbonyl (C=O) groups excluding carboxylic acids is 1. The van der Waals surface area contributed by atoms with Crippen LogP contribution in [0.2, 0.25) is 0 Å². The van der Waals surface area contributed by atoms with Crippen molar-refractivity contribution >= 4 is 5.97 Å². The average Bonchev–Trinajstić information content (AvgIpc) is 2.48. The van der Waals surface area contributed by atoms with Gasteiger partial charge in [0, 0.05) is 5.57 Å². The van der Waals surface area contributed by atoms with E-state index in [4.69, 9.17) is 9.47 Å². The number of hydrogen-bond acceptors (Lipinski definition) is 3. The van der Waals surface area contributed by atoms with Crippen molar-refractivity contribution in [2.75, 3.05) is 6.79 Å². The molecule has 0 aromatic heterocycles. The van der Waals surface area contributed by atoms with E-state index in [-0.39, 0.29) is 6.79 Å². The molecular weight excluding hydrogens is 264 g/mol. The number of benzene rings is 2. The van der Waals surface area contributed by atoms with Crippen molar-refractivity contribution in [2.24, 2.45) is 0 Å². The maximum atomic E-state index is 11.2. The standard InChI is InChI=1S/C18H18O3/c1-13(2)18(19)21-12-20-17-10-8-16(9-11-17)15-6-4-14(3)5-7-15/h4-11H,1,12H2,2-3H3. The van der Waals surface area contributed by atoms with Gasteiger partial charge in [0.05, 0.1) is 0 Å². The van der Waals surface area contributed by atoms with Crippen LogP contribution in [0.3, 0.4) is 0 Å². The van der Waals surface area contributed by atoms with E-state index in [1.165, 1.54) is 5.56 Å². The maximum Gasteiger partial charge on any atom is 0.335 e. The molecule has 0 atom stereocenters. The number of hydrogen-bond donors (Lipinski definition) is 0. The summed E-state index contributed by atoms with van der Waals surface area (Å²) in [6.07, 6.45) is 0. The van der Waals surface area contributed by atoms with Gasteiger partial charge in [-0.1, -0.05) is 48.5 Å². The van der Waals surface area contributed by atoms with Crippen LogP contribution in [0.15, 0.2) is 60.7 Å². The van der Waals surface area contributed by atoms with Gasteiger partial charge in [0.15, 0.2) is 0 Å². The summed E-state index contributed by atoms with van der Waals surface area (Å²) < 4.78 is 10.2. The minimum Gasteiger partial charge on any atom is -0.457 e. The van der Waals surface area contributed by atoms with Gasteiger partial charge in [-0.2, -0.15) is 0 Å².